The summed E-state index contributed by atoms with van der Waals surface area (Å²) in [6.45, 7) is 1.68. The van der Waals surface area contributed by atoms with Crippen molar-refractivity contribution in [1.29, 1.82) is 0 Å². The SMILES string of the molecule is CC(CC(=O)OC(C(N)=O)c1ccccc1)NC(=O)c1ccccc1. The number of ether oxygens (including phenoxy) is 1. The minimum Gasteiger partial charge on any atom is -0.447 e. The minimum atomic E-state index is -1.15. The van der Waals surface area contributed by atoms with Gasteiger partial charge in [-0.05, 0) is 19.1 Å². The monoisotopic (exact) mass is 340 g/mol. The van der Waals surface area contributed by atoms with Gasteiger partial charge in [0.1, 0.15) is 0 Å². The lowest BCUT2D eigenvalue weighted by atomic mass is 10.1. The average molecular weight is 340 g/mol. The van der Waals surface area contributed by atoms with Gasteiger partial charge >= 0.3 is 5.97 Å². The molecule has 0 bridgehead atoms. The minimum absolute atomic E-state index is 0.0742. The van der Waals surface area contributed by atoms with E-state index in [1.807, 2.05) is 6.07 Å². The highest BCUT2D eigenvalue weighted by atomic mass is 16.5. The second-order valence-corrected chi connectivity index (χ2v) is 5.63. The highest BCUT2D eigenvalue weighted by Crippen LogP contribution is 2.17. The largest absolute Gasteiger partial charge is 0.447 e. The Bertz CT molecular complexity index is 732. The summed E-state index contributed by atoms with van der Waals surface area (Å²) in [4.78, 5) is 35.7. The van der Waals surface area contributed by atoms with Crippen LogP contribution in [0.3, 0.4) is 0 Å². The molecule has 0 saturated carbocycles. The standard InChI is InChI=1S/C19H20N2O4/c1-13(21-19(24)15-10-6-3-7-11-15)12-16(22)25-17(18(20)23)14-8-4-2-5-9-14/h2-11,13,17H,12H2,1H3,(H2,20,23)(H,21,24). The lowest BCUT2D eigenvalue weighted by Crippen LogP contribution is -2.35. The Morgan fingerprint density at radius 1 is 1.00 bits per heavy atom. The van der Waals surface area contributed by atoms with Gasteiger partial charge in [-0.25, -0.2) is 0 Å². The molecule has 2 aromatic rings. The first-order chi connectivity index (χ1) is 12.0. The van der Waals surface area contributed by atoms with Crippen LogP contribution in [0.25, 0.3) is 0 Å². The Hall–Kier alpha value is -3.15. The van der Waals surface area contributed by atoms with E-state index in [0.717, 1.165) is 0 Å². The average Bonchev–Trinajstić information content (AvgIpc) is 2.60. The van der Waals surface area contributed by atoms with Crippen LogP contribution < -0.4 is 11.1 Å². The Kier molecular flexibility index (Phi) is 6.28. The van der Waals surface area contributed by atoms with Crippen molar-refractivity contribution < 1.29 is 19.1 Å². The van der Waals surface area contributed by atoms with Crippen LogP contribution in [0.4, 0.5) is 0 Å². The maximum Gasteiger partial charge on any atom is 0.308 e. The van der Waals surface area contributed by atoms with E-state index in [2.05, 4.69) is 5.32 Å². The van der Waals surface area contributed by atoms with Gasteiger partial charge in [0, 0.05) is 17.2 Å². The molecule has 2 aromatic carbocycles. The number of hydrogen-bond acceptors (Lipinski definition) is 4. The molecule has 0 aromatic heterocycles. The van der Waals surface area contributed by atoms with Crippen molar-refractivity contribution >= 4 is 17.8 Å². The van der Waals surface area contributed by atoms with Gasteiger partial charge in [-0.1, -0.05) is 48.5 Å². The third-order valence-electron chi connectivity index (χ3n) is 3.50. The van der Waals surface area contributed by atoms with Gasteiger partial charge in [-0.2, -0.15) is 0 Å². The van der Waals surface area contributed by atoms with Gasteiger partial charge in [0.05, 0.1) is 6.42 Å². The zero-order chi connectivity index (χ0) is 18.2. The van der Waals surface area contributed by atoms with Crippen LogP contribution in [0.5, 0.6) is 0 Å². The van der Waals surface area contributed by atoms with Crippen LogP contribution >= 0.6 is 0 Å². The molecule has 2 amide bonds. The zero-order valence-electron chi connectivity index (χ0n) is 13.8. The Labute approximate surface area is 146 Å². The number of carbonyl (C=O) groups excluding carboxylic acids is 3. The highest BCUT2D eigenvalue weighted by Gasteiger charge is 2.23. The van der Waals surface area contributed by atoms with E-state index in [0.29, 0.717) is 11.1 Å². The fourth-order valence-electron chi connectivity index (χ4n) is 2.30. The van der Waals surface area contributed by atoms with Gasteiger partial charge in [0.15, 0.2) is 0 Å². The molecule has 0 aliphatic carbocycles. The molecule has 130 valence electrons. The number of rotatable bonds is 7. The molecule has 6 heteroatoms. The summed E-state index contributed by atoms with van der Waals surface area (Å²) in [5.74, 6) is -1.65. The normalized spacial score (nSPS) is 12.7. The van der Waals surface area contributed by atoms with E-state index in [4.69, 9.17) is 10.5 Å². The van der Waals surface area contributed by atoms with Crippen LogP contribution in [0, 0.1) is 0 Å². The maximum atomic E-state index is 12.1. The van der Waals surface area contributed by atoms with Crippen molar-refractivity contribution in [3.63, 3.8) is 0 Å². The van der Waals surface area contributed by atoms with Crippen molar-refractivity contribution in [2.24, 2.45) is 5.73 Å². The van der Waals surface area contributed by atoms with E-state index >= 15 is 0 Å². The summed E-state index contributed by atoms with van der Waals surface area (Å²) in [6, 6.07) is 16.8. The Morgan fingerprint density at radius 3 is 2.12 bits per heavy atom. The summed E-state index contributed by atoms with van der Waals surface area (Å²) in [5.41, 5.74) is 6.32. The summed E-state index contributed by atoms with van der Waals surface area (Å²) < 4.78 is 5.19. The number of benzene rings is 2. The fourth-order valence-corrected chi connectivity index (χ4v) is 2.30. The summed E-state index contributed by atoms with van der Waals surface area (Å²) in [5, 5.41) is 2.71. The summed E-state index contributed by atoms with van der Waals surface area (Å²) in [6.07, 6.45) is -1.22. The number of nitrogens with one attached hydrogen (secondary N) is 1. The predicted octanol–water partition coefficient (Wildman–Crippen LogP) is 1.96. The first-order valence-electron chi connectivity index (χ1n) is 7.87. The summed E-state index contributed by atoms with van der Waals surface area (Å²) >= 11 is 0. The van der Waals surface area contributed by atoms with Gasteiger partial charge < -0.3 is 15.8 Å². The number of hydrogen-bond donors (Lipinski definition) is 2. The lowest BCUT2D eigenvalue weighted by Gasteiger charge is -2.17. The second-order valence-electron chi connectivity index (χ2n) is 5.63. The van der Waals surface area contributed by atoms with E-state index in [1.165, 1.54) is 0 Å². The third kappa shape index (κ3) is 5.46. The third-order valence-corrected chi connectivity index (χ3v) is 3.50. The van der Waals surface area contributed by atoms with Crippen molar-refractivity contribution in [2.45, 2.75) is 25.5 Å². The number of amides is 2. The molecule has 2 unspecified atom stereocenters. The molecular formula is C19H20N2O4. The Balaban J connectivity index is 1.92. The molecule has 2 atom stereocenters. The molecular weight excluding hydrogens is 320 g/mol. The molecule has 0 radical (unpaired) electrons. The highest BCUT2D eigenvalue weighted by molar-refractivity contribution is 5.94. The first-order valence-corrected chi connectivity index (χ1v) is 7.87. The Morgan fingerprint density at radius 2 is 1.56 bits per heavy atom. The molecule has 0 saturated heterocycles. The number of primary amides is 1. The van der Waals surface area contributed by atoms with Gasteiger partial charge in [-0.3, -0.25) is 14.4 Å². The summed E-state index contributed by atoms with van der Waals surface area (Å²) in [7, 11) is 0. The number of esters is 1. The number of nitrogens with two attached hydrogens (primary N) is 1. The van der Waals surface area contributed by atoms with Crippen molar-refractivity contribution in [3.05, 3.63) is 71.8 Å². The molecule has 2 rings (SSSR count). The smallest absolute Gasteiger partial charge is 0.308 e. The van der Waals surface area contributed by atoms with E-state index in [9.17, 15) is 14.4 Å². The molecule has 0 spiro atoms. The number of carbonyl (C=O) groups is 3. The van der Waals surface area contributed by atoms with Crippen LogP contribution in [-0.2, 0) is 14.3 Å². The maximum absolute atomic E-state index is 12.1. The van der Waals surface area contributed by atoms with Gasteiger partial charge in [0.25, 0.3) is 11.8 Å². The van der Waals surface area contributed by atoms with Crippen molar-refractivity contribution in [3.8, 4) is 0 Å². The predicted molar refractivity (Wildman–Crippen MR) is 92.5 cm³/mol. The van der Waals surface area contributed by atoms with Gasteiger partial charge in [0.2, 0.25) is 6.10 Å². The molecule has 25 heavy (non-hydrogen) atoms. The quantitative estimate of drug-likeness (QED) is 0.753. The van der Waals surface area contributed by atoms with Crippen LogP contribution in [0.2, 0.25) is 0 Å². The van der Waals surface area contributed by atoms with E-state index in [-0.39, 0.29) is 12.3 Å². The van der Waals surface area contributed by atoms with Crippen LogP contribution in [0.15, 0.2) is 60.7 Å². The van der Waals surface area contributed by atoms with Crippen molar-refractivity contribution in [2.75, 3.05) is 0 Å². The first kappa shape index (κ1) is 18.2. The second kappa shape index (κ2) is 8.63. The molecule has 0 fully saturated rings. The fraction of sp³-hybridized carbons (Fsp3) is 0.211. The van der Waals surface area contributed by atoms with Crippen LogP contribution in [0.1, 0.15) is 35.4 Å². The molecule has 0 aliphatic rings. The van der Waals surface area contributed by atoms with E-state index < -0.39 is 24.0 Å². The molecule has 3 N–H and O–H groups in total. The van der Waals surface area contributed by atoms with Gasteiger partial charge in [-0.15, -0.1) is 0 Å². The molecule has 0 aliphatic heterocycles. The van der Waals surface area contributed by atoms with E-state index in [1.54, 1.807) is 61.5 Å². The van der Waals surface area contributed by atoms with Crippen LogP contribution in [-0.4, -0.2) is 23.8 Å². The molecule has 0 heterocycles. The lowest BCUT2D eigenvalue weighted by molar-refractivity contribution is -0.155. The zero-order valence-corrected chi connectivity index (χ0v) is 13.8. The molecule has 6 nitrogen and oxygen atoms in total. The van der Waals surface area contributed by atoms with Crippen molar-refractivity contribution in [1.82, 2.24) is 5.32 Å². The topological polar surface area (TPSA) is 98.5 Å².